The van der Waals surface area contributed by atoms with Crippen LogP contribution < -0.4 is 15.0 Å². The highest BCUT2D eigenvalue weighted by molar-refractivity contribution is 5.94. The maximum absolute atomic E-state index is 12.4. The predicted octanol–water partition coefficient (Wildman–Crippen LogP) is 3.88. The largest absolute Gasteiger partial charge is 0.496 e. The fraction of sp³-hybridized carbons (Fsp3) is 0.391. The highest BCUT2D eigenvalue weighted by Gasteiger charge is 2.19. The molecule has 2 amide bonds. The van der Waals surface area contributed by atoms with Gasteiger partial charge in [-0.2, -0.15) is 0 Å². The standard InChI is InChI=1S/C23H30N2O3/c1-5-18-11-9-12-19(6-2)23(18)25(17(3)26)15-14-22(27)24-16-20-10-7-8-13-21(20)28-4/h7-13H,5-6,14-16H2,1-4H3,(H,24,27). The Morgan fingerprint density at radius 2 is 1.57 bits per heavy atom. The van der Waals surface area contributed by atoms with Gasteiger partial charge in [0.1, 0.15) is 5.75 Å². The van der Waals surface area contributed by atoms with Gasteiger partial charge in [0.2, 0.25) is 11.8 Å². The molecule has 0 aliphatic rings. The molecule has 0 fully saturated rings. The molecule has 0 atom stereocenters. The summed E-state index contributed by atoms with van der Waals surface area (Å²) in [5.41, 5.74) is 4.14. The maximum Gasteiger partial charge on any atom is 0.223 e. The van der Waals surface area contributed by atoms with Crippen LogP contribution in [0.5, 0.6) is 5.75 Å². The Kier molecular flexibility index (Phi) is 8.05. The first-order valence-corrected chi connectivity index (χ1v) is 9.79. The van der Waals surface area contributed by atoms with E-state index in [1.807, 2.05) is 42.5 Å². The first-order chi connectivity index (χ1) is 13.5. The number of methoxy groups -OCH3 is 1. The monoisotopic (exact) mass is 382 g/mol. The zero-order valence-corrected chi connectivity index (χ0v) is 17.2. The molecule has 5 nitrogen and oxygen atoms in total. The number of carbonyl (C=O) groups excluding carboxylic acids is 2. The molecule has 0 heterocycles. The molecule has 1 N–H and O–H groups in total. The number of anilines is 1. The van der Waals surface area contributed by atoms with Gasteiger partial charge in [0.15, 0.2) is 0 Å². The minimum atomic E-state index is -0.0933. The summed E-state index contributed by atoms with van der Waals surface area (Å²) in [5.74, 6) is 0.606. The van der Waals surface area contributed by atoms with Crippen LogP contribution in [0.4, 0.5) is 5.69 Å². The van der Waals surface area contributed by atoms with Gasteiger partial charge >= 0.3 is 0 Å². The molecule has 5 heteroatoms. The number of nitrogens with zero attached hydrogens (tertiary/aromatic N) is 1. The zero-order chi connectivity index (χ0) is 20.5. The van der Waals surface area contributed by atoms with E-state index in [-0.39, 0.29) is 18.2 Å². The van der Waals surface area contributed by atoms with Gasteiger partial charge in [-0.15, -0.1) is 0 Å². The van der Waals surface area contributed by atoms with Gasteiger partial charge in [-0.05, 0) is 30.0 Å². The van der Waals surface area contributed by atoms with Crippen LogP contribution in [0.3, 0.4) is 0 Å². The summed E-state index contributed by atoms with van der Waals surface area (Å²) in [7, 11) is 1.61. The van der Waals surface area contributed by atoms with Crippen molar-refractivity contribution in [3.05, 3.63) is 59.2 Å². The second-order valence-electron chi connectivity index (χ2n) is 6.64. The molecule has 2 aromatic rings. The number of para-hydroxylation sites is 2. The lowest BCUT2D eigenvalue weighted by Gasteiger charge is -2.26. The fourth-order valence-corrected chi connectivity index (χ4v) is 3.33. The van der Waals surface area contributed by atoms with E-state index in [1.54, 1.807) is 18.9 Å². The lowest BCUT2D eigenvalue weighted by atomic mass is 10.0. The van der Waals surface area contributed by atoms with E-state index in [1.165, 1.54) is 0 Å². The summed E-state index contributed by atoms with van der Waals surface area (Å²) in [4.78, 5) is 26.5. The van der Waals surface area contributed by atoms with Crippen LogP contribution in [0, 0.1) is 0 Å². The van der Waals surface area contributed by atoms with Gasteiger partial charge in [-0.1, -0.05) is 50.2 Å². The van der Waals surface area contributed by atoms with Gasteiger partial charge in [0.25, 0.3) is 0 Å². The third-order valence-corrected chi connectivity index (χ3v) is 4.85. The van der Waals surface area contributed by atoms with Crippen LogP contribution in [0.25, 0.3) is 0 Å². The first kappa shape index (κ1) is 21.5. The van der Waals surface area contributed by atoms with Crippen molar-refractivity contribution in [2.75, 3.05) is 18.6 Å². The van der Waals surface area contributed by atoms with Crippen LogP contribution in [0.1, 0.15) is 43.9 Å². The van der Waals surface area contributed by atoms with Gasteiger partial charge in [-0.25, -0.2) is 0 Å². The topological polar surface area (TPSA) is 58.6 Å². The molecule has 0 bridgehead atoms. The van der Waals surface area contributed by atoms with Crippen LogP contribution in [-0.4, -0.2) is 25.5 Å². The van der Waals surface area contributed by atoms with E-state index in [0.29, 0.717) is 13.1 Å². The van der Waals surface area contributed by atoms with E-state index in [2.05, 4.69) is 19.2 Å². The van der Waals surface area contributed by atoms with E-state index < -0.39 is 0 Å². The van der Waals surface area contributed by atoms with E-state index >= 15 is 0 Å². The highest BCUT2D eigenvalue weighted by atomic mass is 16.5. The van der Waals surface area contributed by atoms with Crippen molar-refractivity contribution in [3.63, 3.8) is 0 Å². The number of benzene rings is 2. The number of aryl methyl sites for hydroxylation is 2. The van der Waals surface area contributed by atoms with Gasteiger partial charge in [0.05, 0.1) is 7.11 Å². The maximum atomic E-state index is 12.4. The summed E-state index contributed by atoms with van der Waals surface area (Å²) < 4.78 is 5.31. The summed E-state index contributed by atoms with van der Waals surface area (Å²) in [5, 5.41) is 2.92. The Hall–Kier alpha value is -2.82. The quantitative estimate of drug-likeness (QED) is 0.716. The molecule has 0 saturated carbocycles. The molecule has 0 radical (unpaired) electrons. The van der Waals surface area contributed by atoms with Crippen molar-refractivity contribution >= 4 is 17.5 Å². The van der Waals surface area contributed by atoms with Gasteiger partial charge < -0.3 is 15.0 Å². The smallest absolute Gasteiger partial charge is 0.223 e. The Morgan fingerprint density at radius 1 is 0.964 bits per heavy atom. The molecular weight excluding hydrogens is 352 g/mol. The molecular formula is C23H30N2O3. The van der Waals surface area contributed by atoms with E-state index in [9.17, 15) is 9.59 Å². The summed E-state index contributed by atoms with van der Waals surface area (Å²) >= 11 is 0. The fourth-order valence-electron chi connectivity index (χ4n) is 3.33. The number of carbonyl (C=O) groups is 2. The predicted molar refractivity (Wildman–Crippen MR) is 113 cm³/mol. The Morgan fingerprint density at radius 3 is 2.14 bits per heavy atom. The van der Waals surface area contributed by atoms with E-state index in [4.69, 9.17) is 4.74 Å². The van der Waals surface area contributed by atoms with Gasteiger partial charge in [0, 0.05) is 37.7 Å². The first-order valence-electron chi connectivity index (χ1n) is 9.79. The molecule has 150 valence electrons. The second kappa shape index (κ2) is 10.5. The number of nitrogens with one attached hydrogen (secondary N) is 1. The number of amides is 2. The molecule has 0 saturated heterocycles. The number of rotatable bonds is 9. The number of hydrogen-bond donors (Lipinski definition) is 1. The Bertz CT molecular complexity index is 795. The third-order valence-electron chi connectivity index (χ3n) is 4.85. The van der Waals surface area contributed by atoms with Crippen molar-refractivity contribution in [2.45, 2.75) is 46.6 Å². The Balaban J connectivity index is 2.06. The molecule has 28 heavy (non-hydrogen) atoms. The molecule has 2 aromatic carbocycles. The van der Waals surface area contributed by atoms with Gasteiger partial charge in [-0.3, -0.25) is 9.59 Å². The average molecular weight is 383 g/mol. The van der Waals surface area contributed by atoms with E-state index in [0.717, 1.165) is 41.0 Å². The third kappa shape index (κ3) is 5.35. The summed E-state index contributed by atoms with van der Waals surface area (Å²) in [6.45, 7) is 6.47. The summed E-state index contributed by atoms with van der Waals surface area (Å²) in [6, 6.07) is 13.7. The lowest BCUT2D eigenvalue weighted by Crippen LogP contribution is -2.35. The van der Waals surface area contributed by atoms with Crippen LogP contribution in [0.2, 0.25) is 0 Å². The average Bonchev–Trinajstić information content (AvgIpc) is 2.72. The minimum Gasteiger partial charge on any atom is -0.496 e. The zero-order valence-electron chi connectivity index (χ0n) is 17.2. The Labute approximate surface area is 167 Å². The van der Waals surface area contributed by atoms with Crippen LogP contribution in [-0.2, 0) is 29.0 Å². The highest BCUT2D eigenvalue weighted by Crippen LogP contribution is 2.27. The van der Waals surface area contributed by atoms with Crippen molar-refractivity contribution in [3.8, 4) is 5.75 Å². The molecule has 0 unspecified atom stereocenters. The number of hydrogen-bond acceptors (Lipinski definition) is 3. The van der Waals surface area contributed by atoms with Crippen molar-refractivity contribution in [1.29, 1.82) is 0 Å². The molecule has 2 rings (SSSR count). The van der Waals surface area contributed by atoms with Crippen molar-refractivity contribution < 1.29 is 14.3 Å². The molecule has 0 aliphatic carbocycles. The number of ether oxygens (including phenoxy) is 1. The molecule has 0 aliphatic heterocycles. The molecule has 0 aromatic heterocycles. The summed E-state index contributed by atoms with van der Waals surface area (Å²) in [6.07, 6.45) is 1.93. The van der Waals surface area contributed by atoms with Crippen LogP contribution in [0.15, 0.2) is 42.5 Å². The normalized spacial score (nSPS) is 10.4. The lowest BCUT2D eigenvalue weighted by molar-refractivity contribution is -0.121. The van der Waals surface area contributed by atoms with Crippen molar-refractivity contribution in [1.82, 2.24) is 5.32 Å². The second-order valence-corrected chi connectivity index (χ2v) is 6.64. The van der Waals surface area contributed by atoms with Crippen LogP contribution >= 0.6 is 0 Å². The van der Waals surface area contributed by atoms with Crippen molar-refractivity contribution in [2.24, 2.45) is 0 Å². The molecule has 0 spiro atoms. The minimum absolute atomic E-state index is 0.0480. The SMILES string of the molecule is CCc1cccc(CC)c1N(CCC(=O)NCc1ccccc1OC)C(C)=O.